The van der Waals surface area contributed by atoms with Crippen molar-refractivity contribution in [1.29, 1.82) is 0 Å². The average molecular weight is 297 g/mol. The molecule has 1 aliphatic heterocycles. The van der Waals surface area contributed by atoms with E-state index in [1.807, 2.05) is 36.1 Å². The van der Waals surface area contributed by atoms with Gasteiger partial charge in [0.25, 0.3) is 0 Å². The van der Waals surface area contributed by atoms with Crippen LogP contribution in [0, 0.1) is 0 Å². The fourth-order valence-electron chi connectivity index (χ4n) is 2.62. The molecule has 20 heavy (non-hydrogen) atoms. The van der Waals surface area contributed by atoms with Crippen molar-refractivity contribution in [2.45, 2.75) is 31.8 Å². The Balaban J connectivity index is 1.86. The quantitative estimate of drug-likeness (QED) is 0.873. The van der Waals surface area contributed by atoms with E-state index in [1.54, 1.807) is 0 Å². The van der Waals surface area contributed by atoms with Crippen molar-refractivity contribution in [2.75, 3.05) is 19.7 Å². The minimum Gasteiger partial charge on any atom is -0.395 e. The van der Waals surface area contributed by atoms with E-state index in [4.69, 9.17) is 11.6 Å². The molecule has 1 aliphatic rings. The molecule has 1 heterocycles. The maximum Gasteiger partial charge on any atom is 0.234 e. The summed E-state index contributed by atoms with van der Waals surface area (Å²) in [5.74, 6) is -0.00667. The third-order valence-electron chi connectivity index (χ3n) is 3.80. The van der Waals surface area contributed by atoms with Crippen molar-refractivity contribution in [3.8, 4) is 0 Å². The van der Waals surface area contributed by atoms with Crippen LogP contribution in [0.1, 0.15) is 31.4 Å². The fourth-order valence-corrected chi connectivity index (χ4v) is 2.74. The summed E-state index contributed by atoms with van der Waals surface area (Å²) in [5, 5.41) is 12.9. The number of carbonyl (C=O) groups is 1. The summed E-state index contributed by atoms with van der Waals surface area (Å²) in [7, 11) is 0. The van der Waals surface area contributed by atoms with E-state index in [0.717, 1.165) is 24.9 Å². The molecule has 2 N–H and O–H groups in total. The molecule has 1 saturated heterocycles. The summed E-state index contributed by atoms with van der Waals surface area (Å²) in [6.07, 6.45) is 2.02. The number of hydrogen-bond acceptors (Lipinski definition) is 3. The van der Waals surface area contributed by atoms with Crippen LogP contribution in [0.25, 0.3) is 0 Å². The first-order chi connectivity index (χ1) is 9.60. The Hall–Kier alpha value is -1.10. The Bertz CT molecular complexity index is 450. The normalized spacial score (nSPS) is 20.9. The van der Waals surface area contributed by atoms with Gasteiger partial charge in [-0.2, -0.15) is 0 Å². The number of aliphatic hydroxyl groups excluding tert-OH is 1. The van der Waals surface area contributed by atoms with Crippen molar-refractivity contribution >= 4 is 17.5 Å². The summed E-state index contributed by atoms with van der Waals surface area (Å²) in [4.78, 5) is 14.1. The highest BCUT2D eigenvalue weighted by Gasteiger charge is 2.25. The zero-order valence-electron chi connectivity index (χ0n) is 11.7. The number of aliphatic hydroxyl groups is 1. The number of nitrogens with zero attached hydrogens (tertiary/aromatic N) is 1. The molecule has 0 aromatic heterocycles. The van der Waals surface area contributed by atoms with Gasteiger partial charge in [0, 0.05) is 11.1 Å². The van der Waals surface area contributed by atoms with Crippen molar-refractivity contribution < 1.29 is 9.90 Å². The van der Waals surface area contributed by atoms with Crippen LogP contribution >= 0.6 is 11.6 Å². The Morgan fingerprint density at radius 3 is 2.85 bits per heavy atom. The molecule has 5 heteroatoms. The second-order valence-electron chi connectivity index (χ2n) is 5.29. The van der Waals surface area contributed by atoms with Gasteiger partial charge in [-0.05, 0) is 44.0 Å². The lowest BCUT2D eigenvalue weighted by atomic mass is 10.1. The van der Waals surface area contributed by atoms with Gasteiger partial charge in [-0.15, -0.1) is 0 Å². The van der Waals surface area contributed by atoms with Gasteiger partial charge < -0.3 is 10.4 Å². The summed E-state index contributed by atoms with van der Waals surface area (Å²) < 4.78 is 0. The van der Waals surface area contributed by atoms with E-state index in [2.05, 4.69) is 5.32 Å². The van der Waals surface area contributed by atoms with Crippen molar-refractivity contribution in [1.82, 2.24) is 10.2 Å². The Morgan fingerprint density at radius 2 is 2.20 bits per heavy atom. The molecule has 1 fully saturated rings. The molecule has 0 spiro atoms. The van der Waals surface area contributed by atoms with E-state index in [9.17, 15) is 9.90 Å². The molecule has 1 unspecified atom stereocenters. The molecule has 4 nitrogen and oxygen atoms in total. The molecule has 2 atom stereocenters. The SMILES string of the molecule is CC(NC(=O)CN1CCC[C@H]1CO)c1ccc(Cl)cc1. The van der Waals surface area contributed by atoms with Crippen LogP contribution in [0.3, 0.4) is 0 Å². The van der Waals surface area contributed by atoms with Crippen LogP contribution in [0.4, 0.5) is 0 Å². The summed E-state index contributed by atoms with van der Waals surface area (Å²) >= 11 is 5.85. The molecular weight excluding hydrogens is 276 g/mol. The predicted molar refractivity (Wildman–Crippen MR) is 79.7 cm³/mol. The zero-order chi connectivity index (χ0) is 14.5. The Morgan fingerprint density at radius 1 is 1.50 bits per heavy atom. The van der Waals surface area contributed by atoms with Crippen LogP contribution in [0.15, 0.2) is 24.3 Å². The zero-order valence-corrected chi connectivity index (χ0v) is 12.4. The summed E-state index contributed by atoms with van der Waals surface area (Å²) in [6.45, 7) is 3.31. The lowest BCUT2D eigenvalue weighted by molar-refractivity contribution is -0.123. The molecule has 0 radical (unpaired) electrons. The molecule has 1 aromatic carbocycles. The van der Waals surface area contributed by atoms with Gasteiger partial charge in [0.05, 0.1) is 19.2 Å². The third-order valence-corrected chi connectivity index (χ3v) is 4.06. The van der Waals surface area contributed by atoms with Gasteiger partial charge in [-0.1, -0.05) is 23.7 Å². The van der Waals surface area contributed by atoms with E-state index < -0.39 is 0 Å². The van der Waals surface area contributed by atoms with Gasteiger partial charge in [0.2, 0.25) is 5.91 Å². The molecule has 110 valence electrons. The largest absolute Gasteiger partial charge is 0.395 e. The number of amides is 1. The molecule has 0 bridgehead atoms. The molecular formula is C15H21ClN2O2. The monoisotopic (exact) mass is 296 g/mol. The van der Waals surface area contributed by atoms with Crippen LogP contribution in [-0.4, -0.2) is 41.7 Å². The first kappa shape index (κ1) is 15.3. The van der Waals surface area contributed by atoms with E-state index in [0.29, 0.717) is 11.6 Å². The molecule has 0 aliphatic carbocycles. The summed E-state index contributed by atoms with van der Waals surface area (Å²) in [5.41, 5.74) is 1.03. The van der Waals surface area contributed by atoms with Gasteiger partial charge in [0.15, 0.2) is 0 Å². The van der Waals surface area contributed by atoms with Crippen LogP contribution in [-0.2, 0) is 4.79 Å². The second-order valence-corrected chi connectivity index (χ2v) is 5.73. The number of rotatable bonds is 5. The highest BCUT2D eigenvalue weighted by atomic mass is 35.5. The number of benzene rings is 1. The van der Waals surface area contributed by atoms with E-state index in [1.165, 1.54) is 0 Å². The maximum atomic E-state index is 12.1. The minimum atomic E-state index is -0.0463. The highest BCUT2D eigenvalue weighted by molar-refractivity contribution is 6.30. The van der Waals surface area contributed by atoms with Gasteiger partial charge in [-0.3, -0.25) is 9.69 Å². The van der Waals surface area contributed by atoms with Crippen molar-refractivity contribution in [2.24, 2.45) is 0 Å². The van der Waals surface area contributed by atoms with Crippen LogP contribution < -0.4 is 5.32 Å². The standard InChI is InChI=1S/C15H21ClN2O2/c1-11(12-4-6-13(16)7-5-12)17-15(20)9-18-8-2-3-14(18)10-19/h4-7,11,14,19H,2-3,8-10H2,1H3,(H,17,20)/t11?,14-/m0/s1. The first-order valence-electron chi connectivity index (χ1n) is 7.00. The number of nitrogens with one attached hydrogen (secondary N) is 1. The lowest BCUT2D eigenvalue weighted by Crippen LogP contribution is -2.41. The van der Waals surface area contributed by atoms with E-state index in [-0.39, 0.29) is 24.6 Å². The third kappa shape index (κ3) is 3.95. The highest BCUT2D eigenvalue weighted by Crippen LogP contribution is 2.18. The lowest BCUT2D eigenvalue weighted by Gasteiger charge is -2.23. The minimum absolute atomic E-state index is 0.00667. The number of hydrogen-bond donors (Lipinski definition) is 2. The molecule has 1 aromatic rings. The first-order valence-corrected chi connectivity index (χ1v) is 7.37. The second kappa shape index (κ2) is 7.07. The van der Waals surface area contributed by atoms with Crippen molar-refractivity contribution in [3.05, 3.63) is 34.9 Å². The number of likely N-dealkylation sites (tertiary alicyclic amines) is 1. The topological polar surface area (TPSA) is 52.6 Å². The van der Waals surface area contributed by atoms with E-state index >= 15 is 0 Å². The molecule has 2 rings (SSSR count). The maximum absolute atomic E-state index is 12.1. The summed E-state index contributed by atoms with van der Waals surface area (Å²) in [6, 6.07) is 7.56. The predicted octanol–water partition coefficient (Wildman–Crippen LogP) is 1.97. The number of halogens is 1. The van der Waals surface area contributed by atoms with Gasteiger partial charge in [-0.25, -0.2) is 0 Å². The number of carbonyl (C=O) groups excluding carboxylic acids is 1. The smallest absolute Gasteiger partial charge is 0.234 e. The Labute approximate surface area is 124 Å². The molecule has 0 saturated carbocycles. The fraction of sp³-hybridized carbons (Fsp3) is 0.533. The van der Waals surface area contributed by atoms with Crippen LogP contribution in [0.2, 0.25) is 5.02 Å². The average Bonchev–Trinajstić information content (AvgIpc) is 2.86. The van der Waals surface area contributed by atoms with Crippen molar-refractivity contribution in [3.63, 3.8) is 0 Å². The van der Waals surface area contributed by atoms with Gasteiger partial charge in [0.1, 0.15) is 0 Å². The van der Waals surface area contributed by atoms with Gasteiger partial charge >= 0.3 is 0 Å². The Kier molecular flexibility index (Phi) is 5.40. The molecule has 1 amide bonds. The van der Waals surface area contributed by atoms with Crippen LogP contribution in [0.5, 0.6) is 0 Å².